The minimum atomic E-state index is -1.18. The number of nitrogens with two attached hydrogens (primary N) is 1. The molecule has 4 aliphatic rings. The van der Waals surface area contributed by atoms with Crippen LogP contribution in [0.2, 0.25) is 0 Å². The van der Waals surface area contributed by atoms with Gasteiger partial charge in [0.2, 0.25) is 5.91 Å². The highest BCUT2D eigenvalue weighted by atomic mass is 32.2. The van der Waals surface area contributed by atoms with E-state index < -0.39 is 18.1 Å². The van der Waals surface area contributed by atoms with E-state index >= 15 is 0 Å². The largest absolute Gasteiger partial charge is 0.477 e. The molecule has 0 aliphatic carbocycles. The number of carbonyl (C=O) groups excluding carboxylic acids is 1. The number of aliphatic imine (C=N–C) groups is 1. The number of hydrazine groups is 2. The first-order valence-electron chi connectivity index (χ1n) is 8.13. The van der Waals surface area contributed by atoms with Crippen LogP contribution in [0.25, 0.3) is 0 Å². The van der Waals surface area contributed by atoms with Crippen molar-refractivity contribution in [3.05, 3.63) is 34.4 Å². The highest BCUT2D eigenvalue weighted by molar-refractivity contribution is 8.03. The molecule has 1 saturated heterocycles. The van der Waals surface area contributed by atoms with Crippen molar-refractivity contribution in [3.63, 3.8) is 0 Å². The first-order valence-corrected chi connectivity index (χ1v) is 10.2. The van der Waals surface area contributed by atoms with Crippen molar-refractivity contribution in [1.82, 2.24) is 20.5 Å². The predicted molar refractivity (Wildman–Crippen MR) is 102 cm³/mol. The number of nitrogens with one attached hydrogen (secondary N) is 1. The van der Waals surface area contributed by atoms with Gasteiger partial charge in [-0.3, -0.25) is 9.69 Å². The van der Waals surface area contributed by atoms with Crippen LogP contribution >= 0.6 is 23.5 Å². The van der Waals surface area contributed by atoms with Crippen molar-refractivity contribution < 1.29 is 24.6 Å². The zero-order valence-corrected chi connectivity index (χ0v) is 16.2. The summed E-state index contributed by atoms with van der Waals surface area (Å²) < 4.78 is 0. The molecule has 0 spiro atoms. The Kier molecular flexibility index (Phi) is 4.61. The zero-order chi connectivity index (χ0) is 20.2. The topological polar surface area (TPSA) is 152 Å². The molecule has 0 saturated carbocycles. The summed E-state index contributed by atoms with van der Waals surface area (Å²) in [6.45, 7) is 1.78. The van der Waals surface area contributed by atoms with Crippen LogP contribution in [-0.4, -0.2) is 71.7 Å². The third-order valence-corrected chi connectivity index (χ3v) is 6.87. The molecule has 0 aromatic rings. The van der Waals surface area contributed by atoms with Crippen molar-refractivity contribution in [3.8, 4) is 0 Å². The van der Waals surface area contributed by atoms with E-state index in [0.29, 0.717) is 33.6 Å². The molecule has 4 heterocycles. The molecular weight excluding hydrogens is 408 g/mol. The number of carbonyl (C=O) groups is 3. The lowest BCUT2D eigenvalue weighted by Crippen LogP contribution is -2.68. The smallest absolute Gasteiger partial charge is 0.427 e. The highest BCUT2D eigenvalue weighted by Crippen LogP contribution is 2.41. The maximum atomic E-state index is 12.0. The van der Waals surface area contributed by atoms with Crippen LogP contribution in [0.3, 0.4) is 0 Å². The fourth-order valence-corrected chi connectivity index (χ4v) is 5.61. The predicted octanol–water partition coefficient (Wildman–Crippen LogP) is 0.131. The van der Waals surface area contributed by atoms with Crippen LogP contribution in [-0.2, 0) is 9.59 Å². The van der Waals surface area contributed by atoms with Gasteiger partial charge in [0.15, 0.2) is 5.82 Å². The number of aliphatic carboxylic acids is 1. The molecule has 2 amide bonds. The van der Waals surface area contributed by atoms with Gasteiger partial charge in [-0.15, -0.1) is 29.1 Å². The Hall–Kier alpha value is -2.48. The normalized spacial score (nSPS) is 26.3. The number of amides is 2. The number of carboxylic acid groups (broad SMARTS) is 2. The third-order valence-electron chi connectivity index (χ3n) is 4.42. The number of hydrogen-bond donors (Lipinski definition) is 4. The standard InChI is InChI=1S/C15H16N6O5S2/c1-6-2-9(21-8(17-6)3-19(18-21)15(25)26)27-4-7-5-28-13-10(16)12(22)20(13)11(7)14(23)24/h2-3,10,13,18H,4-5,16H2,1H3,(H,23,24)(H,25,26)/t10-,13-/m1/s1. The van der Waals surface area contributed by atoms with E-state index in [0.717, 1.165) is 5.01 Å². The number of hydrogen-bond acceptors (Lipinski definition) is 9. The van der Waals surface area contributed by atoms with Crippen molar-refractivity contribution in [2.24, 2.45) is 10.7 Å². The molecule has 0 aromatic heterocycles. The third kappa shape index (κ3) is 2.96. The van der Waals surface area contributed by atoms with Gasteiger partial charge >= 0.3 is 12.1 Å². The number of β-lactam (4-membered cyclic amide) rings is 1. The molecule has 11 nitrogen and oxygen atoms in total. The number of allylic oxidation sites excluding steroid dienone is 1. The molecule has 28 heavy (non-hydrogen) atoms. The maximum Gasteiger partial charge on any atom is 0.427 e. The Morgan fingerprint density at radius 1 is 1.46 bits per heavy atom. The summed E-state index contributed by atoms with van der Waals surface area (Å²) in [4.78, 5) is 40.5. The van der Waals surface area contributed by atoms with E-state index in [1.807, 2.05) is 0 Å². The first kappa shape index (κ1) is 18.9. The Balaban J connectivity index is 1.54. The van der Waals surface area contributed by atoms with Crippen LogP contribution in [0, 0.1) is 0 Å². The van der Waals surface area contributed by atoms with E-state index in [4.69, 9.17) is 10.8 Å². The van der Waals surface area contributed by atoms with Gasteiger partial charge in [0, 0.05) is 17.2 Å². The molecule has 148 valence electrons. The summed E-state index contributed by atoms with van der Waals surface area (Å²) in [6.07, 6.45) is 1.94. The monoisotopic (exact) mass is 424 g/mol. The van der Waals surface area contributed by atoms with Gasteiger partial charge in [0.25, 0.3) is 0 Å². The molecular formula is C15H16N6O5S2. The quantitative estimate of drug-likeness (QED) is 0.458. The van der Waals surface area contributed by atoms with Crippen molar-refractivity contribution in [2.75, 3.05) is 11.5 Å². The summed E-state index contributed by atoms with van der Waals surface area (Å²) in [5.74, 6) is -0.361. The van der Waals surface area contributed by atoms with Gasteiger partial charge < -0.3 is 15.9 Å². The van der Waals surface area contributed by atoms with Gasteiger partial charge in [-0.2, -0.15) is 5.01 Å². The van der Waals surface area contributed by atoms with Crippen molar-refractivity contribution in [2.45, 2.75) is 18.3 Å². The Labute approximate surface area is 167 Å². The lowest BCUT2D eigenvalue weighted by molar-refractivity contribution is -0.147. The van der Waals surface area contributed by atoms with Crippen LogP contribution in [0.15, 0.2) is 39.4 Å². The van der Waals surface area contributed by atoms with E-state index in [2.05, 4.69) is 10.5 Å². The molecule has 4 rings (SSSR count). The van der Waals surface area contributed by atoms with Crippen LogP contribution in [0.5, 0.6) is 0 Å². The van der Waals surface area contributed by atoms with Gasteiger partial charge in [0.1, 0.15) is 17.1 Å². The van der Waals surface area contributed by atoms with Gasteiger partial charge in [0.05, 0.1) is 11.2 Å². The Bertz CT molecular complexity index is 913. The first-order chi connectivity index (χ1) is 13.3. The lowest BCUT2D eigenvalue weighted by Gasteiger charge is -2.48. The number of carboxylic acids is 1. The molecule has 5 N–H and O–H groups in total. The van der Waals surface area contributed by atoms with E-state index in [9.17, 15) is 19.5 Å². The van der Waals surface area contributed by atoms with Crippen LogP contribution in [0.4, 0.5) is 4.79 Å². The average molecular weight is 424 g/mol. The van der Waals surface area contributed by atoms with Crippen LogP contribution < -0.4 is 11.3 Å². The van der Waals surface area contributed by atoms with E-state index in [-0.39, 0.29) is 17.0 Å². The van der Waals surface area contributed by atoms with Gasteiger partial charge in [-0.05, 0) is 18.6 Å². The molecule has 0 bridgehead atoms. The summed E-state index contributed by atoms with van der Waals surface area (Å²) in [6, 6.07) is -0.669. The Morgan fingerprint density at radius 3 is 2.89 bits per heavy atom. The molecule has 0 unspecified atom stereocenters. The van der Waals surface area contributed by atoms with Crippen molar-refractivity contribution in [1.29, 1.82) is 0 Å². The fraction of sp³-hybridized carbons (Fsp3) is 0.333. The highest BCUT2D eigenvalue weighted by Gasteiger charge is 2.51. The number of nitrogens with zero attached hydrogens (tertiary/aromatic N) is 4. The second-order valence-corrected chi connectivity index (χ2v) is 8.39. The SMILES string of the molecule is CC1=NC2=CN(C(=O)O)NN2C(SCC2=C(C(=O)O)N3C(=O)[C@@H](N)[C@H]3SC2)=C1. The molecule has 13 heteroatoms. The molecule has 0 aromatic carbocycles. The van der Waals surface area contributed by atoms with Crippen molar-refractivity contribution >= 4 is 47.2 Å². The Morgan fingerprint density at radius 2 is 2.21 bits per heavy atom. The summed E-state index contributed by atoms with van der Waals surface area (Å²) in [7, 11) is 0. The zero-order valence-electron chi connectivity index (χ0n) is 14.5. The number of thioether (sulfide) groups is 2. The second kappa shape index (κ2) is 6.84. The fourth-order valence-electron chi connectivity index (χ4n) is 3.11. The maximum absolute atomic E-state index is 12.0. The summed E-state index contributed by atoms with van der Waals surface area (Å²) in [5, 5.41) is 21.5. The molecule has 2 atom stereocenters. The van der Waals surface area contributed by atoms with Crippen LogP contribution in [0.1, 0.15) is 6.92 Å². The number of fused-ring (bicyclic) bond motifs is 2. The number of rotatable bonds is 4. The molecule has 0 radical (unpaired) electrons. The van der Waals surface area contributed by atoms with E-state index in [1.54, 1.807) is 13.0 Å². The van der Waals surface area contributed by atoms with E-state index in [1.165, 1.54) is 39.6 Å². The minimum Gasteiger partial charge on any atom is -0.477 e. The average Bonchev–Trinajstić information content (AvgIpc) is 3.08. The lowest BCUT2D eigenvalue weighted by atomic mass is 10.0. The summed E-state index contributed by atoms with van der Waals surface area (Å²) >= 11 is 2.77. The summed E-state index contributed by atoms with van der Waals surface area (Å²) in [5.41, 5.74) is 9.73. The van der Waals surface area contributed by atoms with Gasteiger partial charge in [-0.25, -0.2) is 19.6 Å². The molecule has 4 aliphatic heterocycles. The minimum absolute atomic E-state index is 0.0120. The molecule has 1 fully saturated rings. The van der Waals surface area contributed by atoms with Gasteiger partial charge in [-0.1, -0.05) is 0 Å². The second-order valence-electron chi connectivity index (χ2n) is 6.29.